The smallest absolute Gasteiger partial charge is 0.225 e. The summed E-state index contributed by atoms with van der Waals surface area (Å²) in [4.78, 5) is 24.2. The van der Waals surface area contributed by atoms with E-state index < -0.39 is 0 Å². The van der Waals surface area contributed by atoms with Crippen molar-refractivity contribution in [3.05, 3.63) is 17.5 Å². The molecule has 0 aromatic carbocycles. The molecule has 3 rings (SSSR count). The Morgan fingerprint density at radius 3 is 2.83 bits per heavy atom. The van der Waals surface area contributed by atoms with E-state index in [2.05, 4.69) is 14.9 Å². The maximum absolute atomic E-state index is 11.4. The fourth-order valence-corrected chi connectivity index (χ4v) is 2.28. The molecular formula is C12H16N4O2. The number of hydrogen-bond donors (Lipinski definition) is 0. The van der Waals surface area contributed by atoms with Crippen LogP contribution in [0.2, 0.25) is 0 Å². The summed E-state index contributed by atoms with van der Waals surface area (Å²) >= 11 is 0. The minimum Gasteiger partial charge on any atom is -0.378 e. The third kappa shape index (κ3) is 2.03. The highest BCUT2D eigenvalue weighted by atomic mass is 16.5. The summed E-state index contributed by atoms with van der Waals surface area (Å²) in [6, 6.07) is 0. The number of nitrogens with zero attached hydrogens (tertiary/aromatic N) is 4. The lowest BCUT2D eigenvalue weighted by Gasteiger charge is -2.26. The van der Waals surface area contributed by atoms with Gasteiger partial charge in [-0.3, -0.25) is 4.79 Å². The lowest BCUT2D eigenvalue weighted by molar-refractivity contribution is -0.129. The SMILES string of the molecule is CC(=O)N1Cc2cnc(N3CCOCC3)nc2C1. The summed E-state index contributed by atoms with van der Waals surface area (Å²) in [5.41, 5.74) is 2.03. The molecule has 0 radical (unpaired) electrons. The van der Waals surface area contributed by atoms with Crippen LogP contribution in [0.15, 0.2) is 6.20 Å². The normalized spacial score (nSPS) is 18.9. The molecule has 0 unspecified atom stereocenters. The Morgan fingerprint density at radius 2 is 2.11 bits per heavy atom. The molecule has 2 aliphatic heterocycles. The van der Waals surface area contributed by atoms with E-state index in [-0.39, 0.29) is 5.91 Å². The highest BCUT2D eigenvalue weighted by molar-refractivity contribution is 5.73. The molecule has 0 bridgehead atoms. The topological polar surface area (TPSA) is 58.6 Å². The van der Waals surface area contributed by atoms with E-state index in [4.69, 9.17) is 4.74 Å². The van der Waals surface area contributed by atoms with Gasteiger partial charge in [0.1, 0.15) is 0 Å². The number of carbonyl (C=O) groups is 1. The first-order valence-corrected chi connectivity index (χ1v) is 6.17. The van der Waals surface area contributed by atoms with Gasteiger partial charge in [-0.05, 0) is 0 Å². The molecule has 1 aromatic rings. The summed E-state index contributed by atoms with van der Waals surface area (Å²) < 4.78 is 5.31. The molecule has 1 fully saturated rings. The van der Waals surface area contributed by atoms with Crippen molar-refractivity contribution in [1.29, 1.82) is 0 Å². The maximum Gasteiger partial charge on any atom is 0.225 e. The third-order valence-corrected chi connectivity index (χ3v) is 3.38. The summed E-state index contributed by atoms with van der Waals surface area (Å²) in [5.74, 6) is 0.836. The number of rotatable bonds is 1. The first kappa shape index (κ1) is 11.4. The second-order valence-electron chi connectivity index (χ2n) is 4.62. The molecule has 96 valence electrons. The number of ether oxygens (including phenoxy) is 1. The Labute approximate surface area is 106 Å². The molecule has 0 atom stereocenters. The van der Waals surface area contributed by atoms with Crippen molar-refractivity contribution in [2.75, 3.05) is 31.2 Å². The van der Waals surface area contributed by atoms with Gasteiger partial charge in [-0.15, -0.1) is 0 Å². The molecule has 0 spiro atoms. The van der Waals surface area contributed by atoms with Crippen LogP contribution < -0.4 is 4.90 Å². The van der Waals surface area contributed by atoms with Crippen LogP contribution in [0, 0.1) is 0 Å². The lowest BCUT2D eigenvalue weighted by Crippen LogP contribution is -2.37. The zero-order chi connectivity index (χ0) is 12.5. The average molecular weight is 248 g/mol. The van der Waals surface area contributed by atoms with Gasteiger partial charge in [0.05, 0.1) is 25.5 Å². The van der Waals surface area contributed by atoms with Crippen molar-refractivity contribution in [3.8, 4) is 0 Å². The first-order chi connectivity index (χ1) is 8.74. The van der Waals surface area contributed by atoms with Crippen molar-refractivity contribution < 1.29 is 9.53 Å². The number of fused-ring (bicyclic) bond motifs is 1. The Hall–Kier alpha value is -1.69. The predicted molar refractivity (Wildman–Crippen MR) is 65.0 cm³/mol. The number of carbonyl (C=O) groups excluding carboxylic acids is 1. The van der Waals surface area contributed by atoms with Gasteiger partial charge in [0, 0.05) is 38.3 Å². The van der Waals surface area contributed by atoms with Crippen molar-refractivity contribution in [2.24, 2.45) is 0 Å². The number of anilines is 1. The highest BCUT2D eigenvalue weighted by Gasteiger charge is 2.24. The van der Waals surface area contributed by atoms with Gasteiger partial charge in [0.25, 0.3) is 0 Å². The van der Waals surface area contributed by atoms with Crippen LogP contribution in [-0.4, -0.2) is 47.1 Å². The van der Waals surface area contributed by atoms with Crippen LogP contribution in [0.3, 0.4) is 0 Å². The minimum atomic E-state index is 0.0842. The Morgan fingerprint density at radius 1 is 1.33 bits per heavy atom. The Kier molecular flexibility index (Phi) is 2.87. The van der Waals surface area contributed by atoms with E-state index in [1.807, 2.05) is 6.20 Å². The molecule has 1 saturated heterocycles. The summed E-state index contributed by atoms with van der Waals surface area (Å²) in [5, 5.41) is 0. The number of amides is 1. The van der Waals surface area contributed by atoms with Gasteiger partial charge < -0.3 is 14.5 Å². The molecule has 2 aliphatic rings. The van der Waals surface area contributed by atoms with Gasteiger partial charge in [-0.25, -0.2) is 9.97 Å². The van der Waals surface area contributed by atoms with Crippen LogP contribution in [0.1, 0.15) is 18.2 Å². The molecule has 6 heteroatoms. The molecule has 18 heavy (non-hydrogen) atoms. The van der Waals surface area contributed by atoms with E-state index in [1.54, 1.807) is 11.8 Å². The first-order valence-electron chi connectivity index (χ1n) is 6.17. The Balaban J connectivity index is 1.80. The van der Waals surface area contributed by atoms with Gasteiger partial charge in [-0.1, -0.05) is 0 Å². The molecule has 0 aliphatic carbocycles. The van der Waals surface area contributed by atoms with Crippen LogP contribution in [0.5, 0.6) is 0 Å². The van der Waals surface area contributed by atoms with Crippen molar-refractivity contribution >= 4 is 11.9 Å². The highest BCUT2D eigenvalue weighted by Crippen LogP contribution is 2.22. The van der Waals surface area contributed by atoms with E-state index >= 15 is 0 Å². The number of aromatic nitrogens is 2. The van der Waals surface area contributed by atoms with Crippen molar-refractivity contribution in [1.82, 2.24) is 14.9 Å². The monoisotopic (exact) mass is 248 g/mol. The van der Waals surface area contributed by atoms with Crippen molar-refractivity contribution in [2.45, 2.75) is 20.0 Å². The number of hydrogen-bond acceptors (Lipinski definition) is 5. The maximum atomic E-state index is 11.4. The summed E-state index contributed by atoms with van der Waals surface area (Å²) in [6.45, 7) is 5.92. The van der Waals surface area contributed by atoms with Gasteiger partial charge in [0.15, 0.2) is 0 Å². The largest absolute Gasteiger partial charge is 0.378 e. The van der Waals surface area contributed by atoms with E-state index in [1.165, 1.54) is 0 Å². The van der Waals surface area contributed by atoms with E-state index in [0.29, 0.717) is 13.1 Å². The third-order valence-electron chi connectivity index (χ3n) is 3.38. The van der Waals surface area contributed by atoms with E-state index in [0.717, 1.165) is 43.5 Å². The Bertz CT molecular complexity index is 471. The number of morpholine rings is 1. The molecule has 0 N–H and O–H groups in total. The standard InChI is InChI=1S/C12H16N4O2/c1-9(17)16-7-10-6-13-12(14-11(10)8-16)15-2-4-18-5-3-15/h6H,2-5,7-8H2,1H3. The van der Waals surface area contributed by atoms with Crippen molar-refractivity contribution in [3.63, 3.8) is 0 Å². The molecule has 1 amide bonds. The van der Waals surface area contributed by atoms with Crippen LogP contribution >= 0.6 is 0 Å². The van der Waals surface area contributed by atoms with Gasteiger partial charge in [0.2, 0.25) is 11.9 Å². The summed E-state index contributed by atoms with van der Waals surface area (Å²) in [6.07, 6.45) is 1.84. The van der Waals surface area contributed by atoms with Crippen LogP contribution in [0.4, 0.5) is 5.95 Å². The fraction of sp³-hybridized carbons (Fsp3) is 0.583. The zero-order valence-corrected chi connectivity index (χ0v) is 10.4. The summed E-state index contributed by atoms with van der Waals surface area (Å²) in [7, 11) is 0. The quantitative estimate of drug-likeness (QED) is 0.709. The van der Waals surface area contributed by atoms with Crippen LogP contribution in [-0.2, 0) is 22.6 Å². The second-order valence-corrected chi connectivity index (χ2v) is 4.62. The second kappa shape index (κ2) is 4.53. The fourth-order valence-electron chi connectivity index (χ4n) is 2.28. The zero-order valence-electron chi connectivity index (χ0n) is 10.4. The molecular weight excluding hydrogens is 232 g/mol. The molecule has 3 heterocycles. The van der Waals surface area contributed by atoms with Crippen LogP contribution in [0.25, 0.3) is 0 Å². The molecule has 1 aromatic heterocycles. The molecule has 6 nitrogen and oxygen atoms in total. The van der Waals surface area contributed by atoms with Gasteiger partial charge >= 0.3 is 0 Å². The van der Waals surface area contributed by atoms with E-state index in [9.17, 15) is 4.79 Å². The average Bonchev–Trinajstić information content (AvgIpc) is 2.82. The predicted octanol–water partition coefficient (Wildman–Crippen LogP) is 0.175. The van der Waals surface area contributed by atoms with Gasteiger partial charge in [-0.2, -0.15) is 0 Å². The minimum absolute atomic E-state index is 0.0842. The lowest BCUT2D eigenvalue weighted by atomic mass is 10.3. The molecule has 0 saturated carbocycles.